The van der Waals surface area contributed by atoms with Crippen molar-refractivity contribution in [2.24, 2.45) is 0 Å². The number of ketones is 1. The standard InChI is InChI=1S/C13H11F7N2O3S/c1-8(21-22-26(24,25)9-5-3-2-4-6-9)7-10(23)11(14,15)12(16,17)13(18,19)20/h2-7,21-22H,1H3/b8-7+. The van der Waals surface area contributed by atoms with Crippen LogP contribution in [0.4, 0.5) is 30.7 Å². The molecule has 0 heterocycles. The van der Waals surface area contributed by atoms with Crippen LogP contribution in [-0.4, -0.2) is 32.2 Å². The number of carbonyl (C=O) groups excluding carboxylic acids is 1. The second kappa shape index (κ2) is 7.23. The Morgan fingerprint density at radius 1 is 1.00 bits per heavy atom. The van der Waals surface area contributed by atoms with Gasteiger partial charge in [-0.15, -0.1) is 4.83 Å². The molecule has 26 heavy (non-hydrogen) atoms. The Morgan fingerprint density at radius 3 is 1.96 bits per heavy atom. The Kier molecular flexibility index (Phi) is 6.09. The van der Waals surface area contributed by atoms with E-state index in [0.29, 0.717) is 0 Å². The number of halogens is 7. The summed E-state index contributed by atoms with van der Waals surface area (Å²) in [5, 5.41) is 0. The highest BCUT2D eigenvalue weighted by atomic mass is 32.2. The summed E-state index contributed by atoms with van der Waals surface area (Å²) in [6.07, 6.45) is -6.93. The van der Waals surface area contributed by atoms with Crippen LogP contribution in [0.2, 0.25) is 0 Å². The number of hydrogen-bond acceptors (Lipinski definition) is 4. The van der Waals surface area contributed by atoms with Gasteiger partial charge in [-0.1, -0.05) is 18.2 Å². The van der Waals surface area contributed by atoms with Crippen molar-refractivity contribution in [1.29, 1.82) is 0 Å². The molecule has 0 fully saturated rings. The number of hydrogen-bond donors (Lipinski definition) is 2. The fraction of sp³-hybridized carbons (Fsp3) is 0.308. The highest BCUT2D eigenvalue weighted by molar-refractivity contribution is 7.89. The van der Waals surface area contributed by atoms with E-state index in [9.17, 15) is 43.9 Å². The fourth-order valence-corrected chi connectivity index (χ4v) is 2.39. The van der Waals surface area contributed by atoms with E-state index in [2.05, 4.69) is 0 Å². The zero-order valence-electron chi connectivity index (χ0n) is 12.7. The molecule has 0 radical (unpaired) electrons. The molecule has 13 heteroatoms. The van der Waals surface area contributed by atoms with Crippen LogP contribution in [0.1, 0.15) is 6.92 Å². The van der Waals surface area contributed by atoms with Crippen LogP contribution < -0.4 is 10.3 Å². The normalized spacial score (nSPS) is 14.2. The summed E-state index contributed by atoms with van der Waals surface area (Å²) in [5.74, 6) is -15.5. The van der Waals surface area contributed by atoms with Crippen molar-refractivity contribution in [2.45, 2.75) is 29.8 Å². The van der Waals surface area contributed by atoms with Crippen molar-refractivity contribution in [3.8, 4) is 0 Å². The zero-order chi connectivity index (χ0) is 20.4. The number of rotatable bonds is 7. The maximum absolute atomic E-state index is 13.2. The van der Waals surface area contributed by atoms with Crippen LogP contribution >= 0.6 is 0 Å². The van der Waals surface area contributed by atoms with Crippen LogP contribution in [0.5, 0.6) is 0 Å². The molecule has 146 valence electrons. The molecule has 1 aromatic rings. The molecule has 5 nitrogen and oxygen atoms in total. The first-order valence-electron chi connectivity index (χ1n) is 6.51. The molecule has 0 saturated carbocycles. The van der Waals surface area contributed by atoms with Crippen molar-refractivity contribution < 1.29 is 43.9 Å². The van der Waals surface area contributed by atoms with E-state index in [-0.39, 0.29) is 11.0 Å². The van der Waals surface area contributed by atoms with Crippen LogP contribution in [0.3, 0.4) is 0 Å². The summed E-state index contributed by atoms with van der Waals surface area (Å²) in [5.41, 5.74) is 1.01. The van der Waals surface area contributed by atoms with Crippen molar-refractivity contribution in [3.63, 3.8) is 0 Å². The monoisotopic (exact) mass is 408 g/mol. The van der Waals surface area contributed by atoms with Gasteiger partial charge in [-0.3, -0.25) is 4.79 Å². The average Bonchev–Trinajstić information content (AvgIpc) is 2.52. The van der Waals surface area contributed by atoms with Crippen molar-refractivity contribution in [2.75, 3.05) is 0 Å². The third kappa shape index (κ3) is 4.52. The lowest BCUT2D eigenvalue weighted by molar-refractivity contribution is -0.342. The minimum Gasteiger partial charge on any atom is -0.312 e. The summed E-state index contributed by atoms with van der Waals surface area (Å²) in [6.45, 7) is 0.799. The highest BCUT2D eigenvalue weighted by Gasteiger charge is 2.75. The second-order valence-corrected chi connectivity index (χ2v) is 6.56. The third-order valence-corrected chi connectivity index (χ3v) is 4.11. The van der Waals surface area contributed by atoms with Gasteiger partial charge in [-0.25, -0.2) is 8.42 Å². The van der Waals surface area contributed by atoms with Gasteiger partial charge in [0.1, 0.15) is 0 Å². The number of sulfonamides is 1. The Bertz CT molecular complexity index is 790. The maximum atomic E-state index is 13.2. The Hall–Kier alpha value is -2.15. The largest absolute Gasteiger partial charge is 0.460 e. The second-order valence-electron chi connectivity index (χ2n) is 4.88. The predicted molar refractivity (Wildman–Crippen MR) is 74.6 cm³/mol. The van der Waals surface area contributed by atoms with Gasteiger partial charge in [0.25, 0.3) is 10.0 Å². The molecule has 2 N–H and O–H groups in total. The van der Waals surface area contributed by atoms with Gasteiger partial charge < -0.3 is 5.43 Å². The number of benzene rings is 1. The van der Waals surface area contributed by atoms with Crippen LogP contribution in [0.25, 0.3) is 0 Å². The average molecular weight is 408 g/mol. The molecular formula is C13H11F7N2O3S. The van der Waals surface area contributed by atoms with E-state index in [1.807, 2.05) is 0 Å². The first-order valence-corrected chi connectivity index (χ1v) is 7.99. The molecule has 0 unspecified atom stereocenters. The van der Waals surface area contributed by atoms with Crippen LogP contribution in [0, 0.1) is 0 Å². The summed E-state index contributed by atoms with van der Waals surface area (Å²) >= 11 is 0. The first-order chi connectivity index (χ1) is 11.6. The van der Waals surface area contributed by atoms with Crippen molar-refractivity contribution >= 4 is 15.8 Å². The number of carbonyl (C=O) groups is 1. The predicted octanol–water partition coefficient (Wildman–Crippen LogP) is 2.78. The Morgan fingerprint density at radius 2 is 1.50 bits per heavy atom. The lowest BCUT2D eigenvalue weighted by Gasteiger charge is -2.26. The van der Waals surface area contributed by atoms with E-state index in [0.717, 1.165) is 19.1 Å². The summed E-state index contributed by atoms with van der Waals surface area (Å²) in [7, 11) is -4.21. The van der Waals surface area contributed by atoms with Gasteiger partial charge in [-0.2, -0.15) is 30.7 Å². The summed E-state index contributed by atoms with van der Waals surface area (Å²) < 4.78 is 111. The van der Waals surface area contributed by atoms with Gasteiger partial charge in [0.05, 0.1) is 4.90 Å². The molecule has 0 aromatic heterocycles. The summed E-state index contributed by atoms with van der Waals surface area (Å²) in [6, 6.07) is 6.54. The minimum absolute atomic E-state index is 0.263. The number of alkyl halides is 7. The minimum atomic E-state index is -6.66. The molecule has 0 amide bonds. The van der Waals surface area contributed by atoms with Crippen molar-refractivity contribution in [3.05, 3.63) is 42.1 Å². The van der Waals surface area contributed by atoms with Gasteiger partial charge in [0, 0.05) is 11.8 Å². The maximum Gasteiger partial charge on any atom is 0.460 e. The van der Waals surface area contributed by atoms with Crippen LogP contribution in [0.15, 0.2) is 47.0 Å². The van der Waals surface area contributed by atoms with Gasteiger partial charge in [0.15, 0.2) is 0 Å². The van der Waals surface area contributed by atoms with E-state index >= 15 is 0 Å². The molecule has 1 aromatic carbocycles. The smallest absolute Gasteiger partial charge is 0.312 e. The SMILES string of the molecule is C/C(=C\C(=O)C(F)(F)C(F)(F)C(F)(F)F)NNS(=O)(=O)c1ccccc1. The van der Waals surface area contributed by atoms with Gasteiger partial charge in [-0.05, 0) is 19.1 Å². The third-order valence-electron chi connectivity index (χ3n) is 2.84. The van der Waals surface area contributed by atoms with E-state index in [1.165, 1.54) is 18.2 Å². The topological polar surface area (TPSA) is 75.3 Å². The van der Waals surface area contributed by atoms with E-state index in [1.54, 1.807) is 10.3 Å². The quantitative estimate of drug-likeness (QED) is 0.413. The lowest BCUT2D eigenvalue weighted by Crippen LogP contribution is -2.55. The molecule has 0 aliphatic heterocycles. The first kappa shape index (κ1) is 21.9. The molecule has 0 bridgehead atoms. The van der Waals surface area contributed by atoms with Crippen molar-refractivity contribution in [1.82, 2.24) is 10.3 Å². The molecule has 0 saturated heterocycles. The molecule has 0 spiro atoms. The van der Waals surface area contributed by atoms with E-state index in [4.69, 9.17) is 0 Å². The number of nitrogens with one attached hydrogen (secondary N) is 2. The zero-order valence-corrected chi connectivity index (χ0v) is 13.6. The van der Waals surface area contributed by atoms with E-state index < -0.39 is 39.5 Å². The van der Waals surface area contributed by atoms with Crippen LogP contribution in [-0.2, 0) is 14.8 Å². The molecule has 0 atom stereocenters. The molecular weight excluding hydrogens is 397 g/mol. The fourth-order valence-electron chi connectivity index (χ4n) is 1.46. The molecule has 0 aliphatic rings. The Labute approximate surface area is 142 Å². The van der Waals surface area contributed by atoms with Gasteiger partial charge in [0.2, 0.25) is 5.78 Å². The molecule has 1 rings (SSSR count). The number of allylic oxidation sites excluding steroid dienone is 2. The molecule has 0 aliphatic carbocycles. The lowest BCUT2D eigenvalue weighted by atomic mass is 10.1. The van der Waals surface area contributed by atoms with Gasteiger partial charge >= 0.3 is 18.0 Å². The Balaban J connectivity index is 2.92. The number of hydrazine groups is 1. The highest BCUT2D eigenvalue weighted by Crippen LogP contribution is 2.47. The summed E-state index contributed by atoms with van der Waals surface area (Å²) in [4.78, 5) is 12.5.